The van der Waals surface area contributed by atoms with Crippen LogP contribution in [0.1, 0.15) is 44.5 Å². The number of hydrogen-bond donors (Lipinski definition) is 0. The van der Waals surface area contributed by atoms with Crippen LogP contribution in [0.15, 0.2) is 4.90 Å². The molecule has 110 valence electrons. The summed E-state index contributed by atoms with van der Waals surface area (Å²) < 4.78 is 25.3. The van der Waals surface area contributed by atoms with Crippen LogP contribution in [0, 0.1) is 16.7 Å². The molecule has 20 heavy (non-hydrogen) atoms. The molecule has 0 bridgehead atoms. The van der Waals surface area contributed by atoms with Gasteiger partial charge in [0.15, 0.2) is 0 Å². The zero-order chi connectivity index (χ0) is 15.0. The van der Waals surface area contributed by atoms with Crippen molar-refractivity contribution in [3.63, 3.8) is 0 Å². The summed E-state index contributed by atoms with van der Waals surface area (Å²) in [7, 11) is 1.76. The van der Waals surface area contributed by atoms with Gasteiger partial charge in [-0.05, 0) is 25.7 Å². The first kappa shape index (κ1) is 15.3. The Morgan fingerprint density at radius 1 is 1.40 bits per heavy atom. The first-order chi connectivity index (χ1) is 9.37. The molecule has 0 atom stereocenters. The Labute approximate surface area is 124 Å². The molecule has 5 nitrogen and oxygen atoms in total. The minimum absolute atomic E-state index is 0.0248. The van der Waals surface area contributed by atoms with Crippen LogP contribution < -0.4 is 0 Å². The monoisotopic (exact) mass is 315 g/mol. The maximum Gasteiger partial charge on any atom is 0.264 e. The van der Waals surface area contributed by atoms with Crippen molar-refractivity contribution in [1.82, 2.24) is 9.78 Å². The molecule has 0 spiro atoms. The molecule has 0 unspecified atom stereocenters. The van der Waals surface area contributed by atoms with Crippen LogP contribution in [-0.4, -0.2) is 18.2 Å². The van der Waals surface area contributed by atoms with Crippen LogP contribution in [-0.2, 0) is 28.4 Å². The Balaban J connectivity index is 2.45. The van der Waals surface area contributed by atoms with Crippen LogP contribution in [0.5, 0.6) is 0 Å². The minimum Gasteiger partial charge on any atom is -0.267 e. The molecule has 0 saturated heterocycles. The van der Waals surface area contributed by atoms with Gasteiger partial charge in [0.2, 0.25) is 0 Å². The molecule has 1 saturated carbocycles. The molecule has 2 rings (SSSR count). The number of aromatic nitrogens is 2. The Kier molecular flexibility index (Phi) is 4.12. The number of halogens is 1. The van der Waals surface area contributed by atoms with Gasteiger partial charge in [-0.2, -0.15) is 10.4 Å². The van der Waals surface area contributed by atoms with Crippen molar-refractivity contribution in [3.05, 3.63) is 11.4 Å². The van der Waals surface area contributed by atoms with Crippen LogP contribution in [0.25, 0.3) is 0 Å². The summed E-state index contributed by atoms with van der Waals surface area (Å²) >= 11 is 0. The normalized spacial score (nSPS) is 16.9. The van der Waals surface area contributed by atoms with Crippen molar-refractivity contribution >= 4 is 19.7 Å². The smallest absolute Gasteiger partial charge is 0.264 e. The van der Waals surface area contributed by atoms with Gasteiger partial charge in [-0.1, -0.05) is 13.8 Å². The lowest BCUT2D eigenvalue weighted by Gasteiger charge is -2.13. The number of rotatable bonds is 6. The largest absolute Gasteiger partial charge is 0.267 e. The molecule has 0 amide bonds. The van der Waals surface area contributed by atoms with Gasteiger partial charge < -0.3 is 0 Å². The number of nitrogens with zero attached hydrogens (tertiary/aromatic N) is 3. The van der Waals surface area contributed by atoms with E-state index < -0.39 is 9.05 Å². The summed E-state index contributed by atoms with van der Waals surface area (Å²) in [5.74, 6) is 0. The van der Waals surface area contributed by atoms with Gasteiger partial charge in [-0.3, -0.25) is 4.68 Å². The highest BCUT2D eigenvalue weighted by molar-refractivity contribution is 8.13. The molecule has 7 heteroatoms. The van der Waals surface area contributed by atoms with E-state index in [0.717, 1.165) is 12.8 Å². The molecular formula is C13H18ClN3O2S. The van der Waals surface area contributed by atoms with Gasteiger partial charge >= 0.3 is 0 Å². The zero-order valence-corrected chi connectivity index (χ0v) is 13.3. The lowest BCUT2D eigenvalue weighted by atomic mass is 10.0. The van der Waals surface area contributed by atoms with Crippen molar-refractivity contribution in [2.24, 2.45) is 5.41 Å². The van der Waals surface area contributed by atoms with Crippen LogP contribution in [0.2, 0.25) is 0 Å². The lowest BCUT2D eigenvalue weighted by molar-refractivity contribution is 0.394. The van der Waals surface area contributed by atoms with Crippen LogP contribution in [0.3, 0.4) is 0 Å². The fourth-order valence-corrected chi connectivity index (χ4v) is 4.11. The predicted octanol–water partition coefficient (Wildman–Crippen LogP) is 2.63. The molecular weight excluding hydrogens is 298 g/mol. The van der Waals surface area contributed by atoms with Crippen LogP contribution in [0.4, 0.5) is 0 Å². The Morgan fingerprint density at radius 2 is 2.05 bits per heavy atom. The maximum atomic E-state index is 11.8. The SMILES string of the molecule is CCc1nn(CC2(CC#N)CC2)c(CC)c1S(=O)(=O)Cl. The molecule has 0 aliphatic heterocycles. The van der Waals surface area contributed by atoms with E-state index >= 15 is 0 Å². The van der Waals surface area contributed by atoms with E-state index in [1.54, 1.807) is 4.68 Å². The van der Waals surface area contributed by atoms with Crippen LogP contribution >= 0.6 is 10.7 Å². The molecule has 1 aromatic rings. The van der Waals surface area contributed by atoms with E-state index in [-0.39, 0.29) is 10.3 Å². The highest BCUT2D eigenvalue weighted by Gasteiger charge is 2.44. The standard InChI is InChI=1S/C13H18ClN3O2S/c1-3-10-12(20(14,18)19)11(4-2)17(16-10)9-13(5-6-13)7-8-15/h3-7,9H2,1-2H3. The summed E-state index contributed by atoms with van der Waals surface area (Å²) in [6, 6.07) is 2.21. The van der Waals surface area contributed by atoms with Gasteiger partial charge in [0, 0.05) is 29.1 Å². The highest BCUT2D eigenvalue weighted by atomic mass is 35.7. The van der Waals surface area contributed by atoms with E-state index in [0.29, 0.717) is 37.2 Å². The fourth-order valence-electron chi connectivity index (χ4n) is 2.57. The third kappa shape index (κ3) is 2.84. The first-order valence-corrected chi connectivity index (χ1v) is 9.08. The van der Waals surface area contributed by atoms with Gasteiger partial charge in [-0.15, -0.1) is 0 Å². The molecule has 1 aromatic heterocycles. The van der Waals surface area contributed by atoms with E-state index in [2.05, 4.69) is 11.2 Å². The Hall–Kier alpha value is -1.06. The summed E-state index contributed by atoms with van der Waals surface area (Å²) in [4.78, 5) is 0.164. The quantitative estimate of drug-likeness (QED) is 0.756. The second kappa shape index (κ2) is 5.38. The average Bonchev–Trinajstić information content (AvgIpc) is 3.01. The van der Waals surface area contributed by atoms with Gasteiger partial charge in [0.1, 0.15) is 4.90 Å². The summed E-state index contributed by atoms with van der Waals surface area (Å²) in [5.41, 5.74) is 1.15. The van der Waals surface area contributed by atoms with Crippen molar-refractivity contribution in [2.45, 2.75) is 57.4 Å². The number of nitriles is 1. The van der Waals surface area contributed by atoms with Crippen molar-refractivity contribution in [2.75, 3.05) is 0 Å². The second-order valence-electron chi connectivity index (χ2n) is 5.36. The molecule has 0 radical (unpaired) electrons. The molecule has 1 fully saturated rings. The van der Waals surface area contributed by atoms with E-state index in [4.69, 9.17) is 15.9 Å². The van der Waals surface area contributed by atoms with Crippen molar-refractivity contribution < 1.29 is 8.42 Å². The number of hydrogen-bond acceptors (Lipinski definition) is 4. The average molecular weight is 316 g/mol. The molecule has 1 aliphatic carbocycles. The lowest BCUT2D eigenvalue weighted by Crippen LogP contribution is -2.15. The van der Waals surface area contributed by atoms with E-state index in [1.165, 1.54) is 0 Å². The van der Waals surface area contributed by atoms with Crippen molar-refractivity contribution in [3.8, 4) is 6.07 Å². The Morgan fingerprint density at radius 3 is 2.45 bits per heavy atom. The maximum absolute atomic E-state index is 11.8. The van der Waals surface area contributed by atoms with E-state index in [1.807, 2.05) is 13.8 Å². The third-order valence-electron chi connectivity index (χ3n) is 3.89. The van der Waals surface area contributed by atoms with Gasteiger partial charge in [0.25, 0.3) is 9.05 Å². The predicted molar refractivity (Wildman–Crippen MR) is 75.9 cm³/mol. The summed E-state index contributed by atoms with van der Waals surface area (Å²) in [5, 5.41) is 13.3. The van der Waals surface area contributed by atoms with Gasteiger partial charge in [0.05, 0.1) is 17.5 Å². The zero-order valence-electron chi connectivity index (χ0n) is 11.7. The summed E-state index contributed by atoms with van der Waals surface area (Å²) in [6.45, 7) is 4.35. The minimum atomic E-state index is -3.79. The first-order valence-electron chi connectivity index (χ1n) is 6.77. The summed E-state index contributed by atoms with van der Waals surface area (Å²) in [6.07, 6.45) is 3.55. The van der Waals surface area contributed by atoms with Crippen molar-refractivity contribution in [1.29, 1.82) is 5.26 Å². The molecule has 0 N–H and O–H groups in total. The number of aryl methyl sites for hydroxylation is 1. The topological polar surface area (TPSA) is 75.8 Å². The Bertz CT molecular complexity index is 654. The molecule has 1 heterocycles. The molecule has 0 aromatic carbocycles. The van der Waals surface area contributed by atoms with E-state index in [9.17, 15) is 8.42 Å². The highest BCUT2D eigenvalue weighted by Crippen LogP contribution is 2.50. The third-order valence-corrected chi connectivity index (χ3v) is 5.31. The molecule has 1 aliphatic rings. The van der Waals surface area contributed by atoms with Gasteiger partial charge in [-0.25, -0.2) is 8.42 Å². The second-order valence-corrected chi connectivity index (χ2v) is 7.86. The fraction of sp³-hybridized carbons (Fsp3) is 0.692.